The number of hydrogen-bond acceptors (Lipinski definition) is 7. The van der Waals surface area contributed by atoms with E-state index >= 15 is 0 Å². The van der Waals surface area contributed by atoms with Crippen LogP contribution < -0.4 is 4.74 Å². The van der Waals surface area contributed by atoms with Gasteiger partial charge in [-0.15, -0.1) is 0 Å². The maximum absolute atomic E-state index is 11.9. The average molecular weight is 300 g/mol. The van der Waals surface area contributed by atoms with Gasteiger partial charge in [0.2, 0.25) is 0 Å². The van der Waals surface area contributed by atoms with Crippen LogP contribution in [0.15, 0.2) is 15.5 Å². The second kappa shape index (κ2) is 5.41. The van der Waals surface area contributed by atoms with Gasteiger partial charge in [-0.3, -0.25) is 14.5 Å². The summed E-state index contributed by atoms with van der Waals surface area (Å²) in [5.41, 5.74) is 0. The average Bonchev–Trinajstić information content (AvgIpc) is 2.90. The Bertz CT molecular complexity index is 580. The Balaban J connectivity index is 2.20. The van der Waals surface area contributed by atoms with Crippen LogP contribution in [0.4, 0.5) is 0 Å². The van der Waals surface area contributed by atoms with Crippen LogP contribution in [0.3, 0.4) is 0 Å². The van der Waals surface area contributed by atoms with Gasteiger partial charge in [-0.25, -0.2) is 0 Å². The molecule has 1 fully saturated rings. The molecule has 0 bridgehead atoms. The van der Waals surface area contributed by atoms with Crippen LogP contribution in [0.25, 0.3) is 6.08 Å². The lowest BCUT2D eigenvalue weighted by molar-refractivity contribution is -0.140. The predicted molar refractivity (Wildman–Crippen MR) is 70.6 cm³/mol. The zero-order chi connectivity index (χ0) is 14.0. The molecular weight excluding hydrogens is 292 g/mol. The number of carbonyl (C=O) groups is 2. The summed E-state index contributed by atoms with van der Waals surface area (Å²) < 4.78 is 9.96. The number of hydrogen-bond donors (Lipinski definition) is 1. The molecule has 19 heavy (non-hydrogen) atoms. The van der Waals surface area contributed by atoms with E-state index in [0.29, 0.717) is 5.76 Å². The number of methoxy groups -OCH3 is 1. The fourth-order valence-corrected chi connectivity index (χ4v) is 2.57. The second-order valence-electron chi connectivity index (χ2n) is 3.43. The highest BCUT2D eigenvalue weighted by molar-refractivity contribution is 8.26. The Morgan fingerprint density at radius 1 is 1.74 bits per heavy atom. The standard InChI is InChI=1S/C10H8N2O5S2/c1-16-7-3-5(17-11-7)2-6-9(15)12(4-8(13)14)10(18)19-6/h2-3H,4H2,1H3,(H,13,14)/b6-2-. The summed E-state index contributed by atoms with van der Waals surface area (Å²) in [5.74, 6) is -0.980. The molecular formula is C10H8N2O5S2. The van der Waals surface area contributed by atoms with Gasteiger partial charge < -0.3 is 14.4 Å². The van der Waals surface area contributed by atoms with Gasteiger partial charge in [-0.1, -0.05) is 24.0 Å². The number of aromatic nitrogens is 1. The number of carboxylic acid groups (broad SMARTS) is 1. The van der Waals surface area contributed by atoms with E-state index in [9.17, 15) is 9.59 Å². The molecule has 0 aliphatic carbocycles. The van der Waals surface area contributed by atoms with Crippen LogP contribution in [-0.2, 0) is 9.59 Å². The molecule has 1 saturated heterocycles. The molecule has 1 aliphatic rings. The number of aliphatic carboxylic acids is 1. The topological polar surface area (TPSA) is 92.9 Å². The predicted octanol–water partition coefficient (Wildman–Crippen LogP) is 0.969. The molecule has 9 heteroatoms. The highest BCUT2D eigenvalue weighted by Crippen LogP contribution is 2.32. The third kappa shape index (κ3) is 2.93. The maximum atomic E-state index is 11.9. The van der Waals surface area contributed by atoms with Crippen LogP contribution in [0, 0.1) is 0 Å². The first-order chi connectivity index (χ1) is 9.01. The summed E-state index contributed by atoms with van der Waals surface area (Å²) in [6, 6.07) is 1.50. The van der Waals surface area contributed by atoms with Crippen molar-refractivity contribution < 1.29 is 24.0 Å². The Kier molecular flexibility index (Phi) is 3.86. The smallest absolute Gasteiger partial charge is 0.323 e. The molecule has 0 radical (unpaired) electrons. The molecule has 0 atom stereocenters. The lowest BCUT2D eigenvalue weighted by Crippen LogP contribution is -2.33. The molecule has 100 valence electrons. The normalized spacial score (nSPS) is 17.3. The number of amides is 1. The van der Waals surface area contributed by atoms with Crippen molar-refractivity contribution in [3.05, 3.63) is 16.7 Å². The zero-order valence-electron chi connectivity index (χ0n) is 9.65. The monoisotopic (exact) mass is 300 g/mol. The fraction of sp³-hybridized carbons (Fsp3) is 0.200. The second-order valence-corrected chi connectivity index (χ2v) is 5.11. The summed E-state index contributed by atoms with van der Waals surface area (Å²) in [6.07, 6.45) is 1.44. The van der Waals surface area contributed by atoms with Crippen molar-refractivity contribution in [1.82, 2.24) is 10.1 Å². The summed E-state index contributed by atoms with van der Waals surface area (Å²) in [5, 5.41) is 12.3. The molecule has 1 amide bonds. The summed E-state index contributed by atoms with van der Waals surface area (Å²) in [7, 11) is 1.44. The summed E-state index contributed by atoms with van der Waals surface area (Å²) in [4.78, 5) is 23.8. The summed E-state index contributed by atoms with van der Waals surface area (Å²) in [6.45, 7) is -0.457. The molecule has 0 aromatic carbocycles. The van der Waals surface area contributed by atoms with Gasteiger partial charge in [0.1, 0.15) is 10.9 Å². The van der Waals surface area contributed by atoms with Gasteiger partial charge in [-0.2, -0.15) is 0 Å². The molecule has 0 saturated carbocycles. The maximum Gasteiger partial charge on any atom is 0.323 e. The van der Waals surface area contributed by atoms with E-state index in [0.717, 1.165) is 16.7 Å². The fourth-order valence-electron chi connectivity index (χ4n) is 1.34. The minimum absolute atomic E-state index is 0.199. The lowest BCUT2D eigenvalue weighted by Gasteiger charge is -2.09. The van der Waals surface area contributed by atoms with Gasteiger partial charge in [0.05, 0.1) is 12.0 Å². The molecule has 1 N–H and O–H groups in total. The quantitative estimate of drug-likeness (QED) is 0.649. The third-order valence-electron chi connectivity index (χ3n) is 2.16. The Hall–Kier alpha value is -1.87. The molecule has 0 unspecified atom stereocenters. The number of carbonyl (C=O) groups excluding carboxylic acids is 1. The van der Waals surface area contributed by atoms with E-state index in [1.165, 1.54) is 19.3 Å². The Morgan fingerprint density at radius 2 is 2.47 bits per heavy atom. The van der Waals surface area contributed by atoms with E-state index in [1.54, 1.807) is 0 Å². The van der Waals surface area contributed by atoms with Gasteiger partial charge in [0.25, 0.3) is 11.8 Å². The number of ether oxygens (including phenoxy) is 1. The number of carboxylic acids is 1. The first-order valence-corrected chi connectivity index (χ1v) is 6.21. The van der Waals surface area contributed by atoms with Gasteiger partial charge in [-0.05, 0) is 5.16 Å². The zero-order valence-corrected chi connectivity index (χ0v) is 11.3. The van der Waals surface area contributed by atoms with E-state index in [-0.39, 0.29) is 15.1 Å². The lowest BCUT2D eigenvalue weighted by atomic mass is 10.3. The minimum atomic E-state index is -1.13. The van der Waals surface area contributed by atoms with E-state index < -0.39 is 18.4 Å². The van der Waals surface area contributed by atoms with Crippen LogP contribution in [0.1, 0.15) is 5.76 Å². The Labute approximate surface area is 117 Å². The molecule has 2 heterocycles. The minimum Gasteiger partial charge on any atom is -0.480 e. The van der Waals surface area contributed by atoms with Crippen molar-refractivity contribution in [2.75, 3.05) is 13.7 Å². The van der Waals surface area contributed by atoms with Crippen LogP contribution in [0.2, 0.25) is 0 Å². The highest BCUT2D eigenvalue weighted by atomic mass is 32.2. The number of thiocarbonyl (C=S) groups is 1. The number of nitrogens with zero attached hydrogens (tertiary/aromatic N) is 2. The first kappa shape index (κ1) is 13.6. The molecule has 1 aromatic rings. The number of rotatable bonds is 4. The summed E-state index contributed by atoms with van der Waals surface area (Å²) >= 11 is 5.96. The molecule has 2 rings (SSSR count). The van der Waals surface area contributed by atoms with Crippen molar-refractivity contribution in [2.45, 2.75) is 0 Å². The highest BCUT2D eigenvalue weighted by Gasteiger charge is 2.33. The third-order valence-corrected chi connectivity index (χ3v) is 3.53. The molecule has 7 nitrogen and oxygen atoms in total. The molecule has 0 spiro atoms. The van der Waals surface area contributed by atoms with Crippen molar-refractivity contribution in [3.63, 3.8) is 0 Å². The van der Waals surface area contributed by atoms with Gasteiger partial charge in [0, 0.05) is 12.1 Å². The van der Waals surface area contributed by atoms with Crippen molar-refractivity contribution in [1.29, 1.82) is 0 Å². The van der Waals surface area contributed by atoms with Gasteiger partial charge >= 0.3 is 5.97 Å². The largest absolute Gasteiger partial charge is 0.480 e. The first-order valence-electron chi connectivity index (χ1n) is 4.99. The van der Waals surface area contributed by atoms with E-state index in [2.05, 4.69) is 5.16 Å². The van der Waals surface area contributed by atoms with Crippen molar-refractivity contribution in [2.24, 2.45) is 0 Å². The van der Waals surface area contributed by atoms with Crippen LogP contribution in [-0.4, -0.2) is 45.0 Å². The molecule has 1 aromatic heterocycles. The van der Waals surface area contributed by atoms with Crippen molar-refractivity contribution >= 4 is 46.3 Å². The Morgan fingerprint density at radius 3 is 3.05 bits per heavy atom. The number of thioether (sulfide) groups is 1. The van der Waals surface area contributed by atoms with Crippen molar-refractivity contribution in [3.8, 4) is 5.88 Å². The van der Waals surface area contributed by atoms with E-state index in [1.807, 2.05) is 0 Å². The molecule has 1 aliphatic heterocycles. The van der Waals surface area contributed by atoms with Crippen LogP contribution in [0.5, 0.6) is 5.88 Å². The van der Waals surface area contributed by atoms with E-state index in [4.69, 9.17) is 26.6 Å². The van der Waals surface area contributed by atoms with Gasteiger partial charge in [0.15, 0.2) is 5.76 Å². The SMILES string of the molecule is COc1cc(/C=C2\SC(=S)N(CC(=O)O)C2=O)on1. The van der Waals surface area contributed by atoms with Crippen LogP contribution >= 0.6 is 24.0 Å².